The molecule has 2 fully saturated rings. The van der Waals surface area contributed by atoms with Gasteiger partial charge in [-0.15, -0.1) is 0 Å². The van der Waals surface area contributed by atoms with Crippen LogP contribution in [0.2, 0.25) is 5.02 Å². The lowest BCUT2D eigenvalue weighted by molar-refractivity contribution is 0.0699. The highest BCUT2D eigenvalue weighted by Crippen LogP contribution is 2.36. The Bertz CT molecular complexity index is 834. The van der Waals surface area contributed by atoms with Crippen LogP contribution in [0.1, 0.15) is 44.2 Å². The molecule has 0 radical (unpaired) electrons. The number of nitrogens with one attached hydrogen (secondary N) is 1. The van der Waals surface area contributed by atoms with E-state index in [1.165, 1.54) is 0 Å². The van der Waals surface area contributed by atoms with Crippen molar-refractivity contribution in [2.45, 2.75) is 50.1 Å². The Labute approximate surface area is 176 Å². The van der Waals surface area contributed by atoms with Gasteiger partial charge >= 0.3 is 0 Å². The van der Waals surface area contributed by atoms with Crippen LogP contribution in [0.4, 0.5) is 5.82 Å². The van der Waals surface area contributed by atoms with Crippen molar-refractivity contribution < 1.29 is 4.74 Å². The van der Waals surface area contributed by atoms with Crippen molar-refractivity contribution in [1.82, 2.24) is 15.0 Å². The minimum atomic E-state index is -0.471. The van der Waals surface area contributed by atoms with E-state index in [0.717, 1.165) is 75.4 Å². The second-order valence-electron chi connectivity index (χ2n) is 8.27. The summed E-state index contributed by atoms with van der Waals surface area (Å²) in [5.74, 6) is 1.34. The molecule has 5 N–H and O–H groups in total. The van der Waals surface area contributed by atoms with E-state index in [1.807, 2.05) is 6.07 Å². The average molecular weight is 417 g/mol. The zero-order valence-corrected chi connectivity index (χ0v) is 17.4. The summed E-state index contributed by atoms with van der Waals surface area (Å²) in [7, 11) is 0. The number of halogens is 1. The van der Waals surface area contributed by atoms with Gasteiger partial charge in [0.25, 0.3) is 0 Å². The van der Waals surface area contributed by atoms with E-state index < -0.39 is 5.54 Å². The summed E-state index contributed by atoms with van der Waals surface area (Å²) in [6.45, 7) is 2.53. The summed E-state index contributed by atoms with van der Waals surface area (Å²) in [6.07, 6.45) is 10.7. The Hall–Kier alpha value is -1.80. The minimum Gasteiger partial charge on any atom is -0.381 e. The standard InChI is InChI=1S/C21H29ClN6O/c22-17-11-26-19(21(24)5-1-15(23)2-6-21)9-16(17)18-12-25-13-20(28-18)27-10-14-3-7-29-8-4-14/h9,11-15H,1-8,10,23-24H2,(H,27,28). The van der Waals surface area contributed by atoms with Gasteiger partial charge in [-0.3, -0.25) is 9.97 Å². The summed E-state index contributed by atoms with van der Waals surface area (Å²) < 4.78 is 5.42. The number of nitrogens with two attached hydrogens (primary N) is 2. The molecule has 156 valence electrons. The molecule has 7 nitrogen and oxygen atoms in total. The Kier molecular flexibility index (Phi) is 6.29. The molecule has 2 aromatic heterocycles. The van der Waals surface area contributed by atoms with Crippen molar-refractivity contribution in [3.63, 3.8) is 0 Å². The summed E-state index contributed by atoms with van der Waals surface area (Å²) in [6, 6.07) is 2.19. The second kappa shape index (κ2) is 8.92. The van der Waals surface area contributed by atoms with Gasteiger partial charge in [0.15, 0.2) is 0 Å². The van der Waals surface area contributed by atoms with E-state index >= 15 is 0 Å². The number of hydrogen-bond donors (Lipinski definition) is 3. The lowest BCUT2D eigenvalue weighted by Gasteiger charge is -2.35. The lowest BCUT2D eigenvalue weighted by atomic mass is 9.78. The molecule has 4 rings (SSSR count). The van der Waals surface area contributed by atoms with Gasteiger partial charge in [0.1, 0.15) is 5.82 Å². The van der Waals surface area contributed by atoms with Crippen molar-refractivity contribution >= 4 is 17.4 Å². The van der Waals surface area contributed by atoms with Gasteiger partial charge in [0, 0.05) is 37.6 Å². The van der Waals surface area contributed by atoms with E-state index in [1.54, 1.807) is 18.6 Å². The third kappa shape index (κ3) is 4.86. The number of hydrogen-bond acceptors (Lipinski definition) is 7. The summed E-state index contributed by atoms with van der Waals surface area (Å²) in [4.78, 5) is 13.6. The van der Waals surface area contributed by atoms with Crippen LogP contribution in [0, 0.1) is 5.92 Å². The number of nitrogens with zero attached hydrogens (tertiary/aromatic N) is 3. The second-order valence-corrected chi connectivity index (χ2v) is 8.68. The van der Waals surface area contributed by atoms with Crippen LogP contribution in [0.25, 0.3) is 11.3 Å². The molecule has 29 heavy (non-hydrogen) atoms. The van der Waals surface area contributed by atoms with Crippen LogP contribution < -0.4 is 16.8 Å². The maximum atomic E-state index is 6.68. The van der Waals surface area contributed by atoms with Crippen LogP contribution >= 0.6 is 11.6 Å². The predicted octanol–water partition coefficient (Wildman–Crippen LogP) is 3.09. The summed E-state index contributed by atoms with van der Waals surface area (Å²) >= 11 is 6.46. The molecule has 2 aliphatic rings. The van der Waals surface area contributed by atoms with Crippen LogP contribution in [0.15, 0.2) is 24.7 Å². The Morgan fingerprint density at radius 3 is 2.66 bits per heavy atom. The van der Waals surface area contributed by atoms with Crippen molar-refractivity contribution in [3.8, 4) is 11.3 Å². The third-order valence-corrected chi connectivity index (χ3v) is 6.41. The van der Waals surface area contributed by atoms with Crippen LogP contribution in [0.3, 0.4) is 0 Å². The third-order valence-electron chi connectivity index (χ3n) is 6.11. The molecule has 1 aliphatic heterocycles. The minimum absolute atomic E-state index is 0.225. The van der Waals surface area contributed by atoms with E-state index in [0.29, 0.717) is 16.6 Å². The van der Waals surface area contributed by atoms with Gasteiger partial charge in [-0.2, -0.15) is 0 Å². The molecular formula is C21H29ClN6O. The van der Waals surface area contributed by atoms with E-state index in [9.17, 15) is 0 Å². The topological polar surface area (TPSA) is 112 Å². The molecule has 0 atom stereocenters. The molecule has 0 aromatic carbocycles. The molecule has 0 unspecified atom stereocenters. The van der Waals surface area contributed by atoms with Gasteiger partial charge in [-0.05, 0) is 50.5 Å². The fourth-order valence-corrected chi connectivity index (χ4v) is 4.30. The SMILES string of the molecule is NC1CCC(N)(c2cc(-c3cncc(NCC4CCOCC4)n3)c(Cl)cn2)CC1. The van der Waals surface area contributed by atoms with Crippen LogP contribution in [0.5, 0.6) is 0 Å². The zero-order chi connectivity index (χ0) is 20.3. The van der Waals surface area contributed by atoms with Gasteiger partial charge in [0.05, 0.1) is 34.3 Å². The Morgan fingerprint density at radius 1 is 1.14 bits per heavy atom. The number of aromatic nitrogens is 3. The highest BCUT2D eigenvalue weighted by Gasteiger charge is 2.34. The first-order valence-electron chi connectivity index (χ1n) is 10.4. The highest BCUT2D eigenvalue weighted by atomic mass is 35.5. The van der Waals surface area contributed by atoms with Gasteiger partial charge in [-0.25, -0.2) is 4.98 Å². The highest BCUT2D eigenvalue weighted by molar-refractivity contribution is 6.33. The Morgan fingerprint density at radius 2 is 1.90 bits per heavy atom. The quantitative estimate of drug-likeness (QED) is 0.686. The number of anilines is 1. The largest absolute Gasteiger partial charge is 0.381 e. The molecular weight excluding hydrogens is 388 g/mol. The average Bonchev–Trinajstić information content (AvgIpc) is 2.76. The first-order chi connectivity index (χ1) is 14.0. The fraction of sp³-hybridized carbons (Fsp3) is 0.571. The van der Waals surface area contributed by atoms with Crippen LogP contribution in [-0.4, -0.2) is 40.8 Å². The summed E-state index contributed by atoms with van der Waals surface area (Å²) in [5, 5.41) is 3.95. The normalized spacial score (nSPS) is 25.7. The first kappa shape index (κ1) is 20.5. The van der Waals surface area contributed by atoms with Crippen LogP contribution in [-0.2, 0) is 10.3 Å². The first-order valence-corrected chi connectivity index (χ1v) is 10.8. The fourth-order valence-electron chi connectivity index (χ4n) is 4.10. The molecule has 1 saturated carbocycles. The molecule has 0 spiro atoms. The van der Waals surface area contributed by atoms with Crippen molar-refractivity contribution in [2.75, 3.05) is 25.1 Å². The van der Waals surface area contributed by atoms with Gasteiger partial charge < -0.3 is 21.5 Å². The van der Waals surface area contributed by atoms with Gasteiger partial charge in [0.2, 0.25) is 0 Å². The Balaban J connectivity index is 1.53. The van der Waals surface area contributed by atoms with Crippen molar-refractivity contribution in [3.05, 3.63) is 35.4 Å². The number of pyridine rings is 1. The maximum Gasteiger partial charge on any atom is 0.145 e. The maximum absolute atomic E-state index is 6.68. The lowest BCUT2D eigenvalue weighted by Crippen LogP contribution is -2.44. The molecule has 1 saturated heterocycles. The smallest absolute Gasteiger partial charge is 0.145 e. The zero-order valence-electron chi connectivity index (χ0n) is 16.6. The van der Waals surface area contributed by atoms with Crippen molar-refractivity contribution in [2.24, 2.45) is 17.4 Å². The molecule has 1 aliphatic carbocycles. The molecule has 8 heteroatoms. The molecule has 0 amide bonds. The van der Waals surface area contributed by atoms with Crippen molar-refractivity contribution in [1.29, 1.82) is 0 Å². The predicted molar refractivity (Wildman–Crippen MR) is 115 cm³/mol. The molecule has 0 bridgehead atoms. The van der Waals surface area contributed by atoms with E-state index in [2.05, 4.69) is 15.3 Å². The molecule has 2 aromatic rings. The van der Waals surface area contributed by atoms with E-state index in [4.69, 9.17) is 32.8 Å². The number of ether oxygens (including phenoxy) is 1. The summed E-state index contributed by atoms with van der Waals surface area (Å²) in [5.41, 5.74) is 14.6. The number of rotatable bonds is 5. The molecule has 3 heterocycles. The monoisotopic (exact) mass is 416 g/mol. The van der Waals surface area contributed by atoms with E-state index in [-0.39, 0.29) is 6.04 Å². The van der Waals surface area contributed by atoms with Gasteiger partial charge in [-0.1, -0.05) is 11.6 Å².